The van der Waals surface area contributed by atoms with Crippen molar-refractivity contribution in [3.8, 4) is 11.5 Å². The van der Waals surface area contributed by atoms with Crippen LogP contribution in [0, 0.1) is 0 Å². The molecular formula is C20H25N3O4. The summed E-state index contributed by atoms with van der Waals surface area (Å²) in [5, 5.41) is 10.1. The van der Waals surface area contributed by atoms with Crippen LogP contribution in [0.4, 0.5) is 10.5 Å². The summed E-state index contributed by atoms with van der Waals surface area (Å²) in [6.07, 6.45) is 2.00. The number of nitrogens with zero attached hydrogens (tertiary/aromatic N) is 2. The van der Waals surface area contributed by atoms with Gasteiger partial charge in [-0.1, -0.05) is 12.1 Å². The monoisotopic (exact) mass is 371 g/mol. The lowest BCUT2D eigenvalue weighted by Gasteiger charge is -2.32. The molecule has 0 saturated carbocycles. The predicted molar refractivity (Wildman–Crippen MR) is 102 cm³/mol. The van der Waals surface area contributed by atoms with Crippen molar-refractivity contribution in [3.63, 3.8) is 0 Å². The minimum absolute atomic E-state index is 0.0791. The number of hydroxylamine groups is 2. The van der Waals surface area contributed by atoms with Crippen molar-refractivity contribution in [3.05, 3.63) is 53.1 Å². The number of ether oxygens (including phenoxy) is 2. The van der Waals surface area contributed by atoms with Crippen LogP contribution in [-0.4, -0.2) is 37.1 Å². The first-order valence-corrected chi connectivity index (χ1v) is 8.84. The Bertz CT molecular complexity index is 803. The molecule has 2 amide bonds. The van der Waals surface area contributed by atoms with Crippen molar-refractivity contribution >= 4 is 11.7 Å². The van der Waals surface area contributed by atoms with Gasteiger partial charge in [0.05, 0.1) is 20.8 Å². The zero-order chi connectivity index (χ0) is 19.4. The number of nitrogens with two attached hydrogens (primary N) is 1. The molecular weight excluding hydrogens is 346 g/mol. The van der Waals surface area contributed by atoms with E-state index in [9.17, 15) is 10.0 Å². The fourth-order valence-corrected chi connectivity index (χ4v) is 3.42. The molecule has 0 spiro atoms. The smallest absolute Gasteiger partial charge is 0.338 e. The summed E-state index contributed by atoms with van der Waals surface area (Å²) in [7, 11) is 3.29. The zero-order valence-corrected chi connectivity index (χ0v) is 15.6. The third-order valence-electron chi connectivity index (χ3n) is 4.73. The van der Waals surface area contributed by atoms with E-state index >= 15 is 0 Å². The lowest BCUT2D eigenvalue weighted by atomic mass is 9.98. The van der Waals surface area contributed by atoms with Crippen LogP contribution >= 0.6 is 0 Å². The maximum Gasteiger partial charge on any atom is 0.338 e. The van der Waals surface area contributed by atoms with Crippen molar-refractivity contribution in [2.24, 2.45) is 5.73 Å². The predicted octanol–water partition coefficient (Wildman–Crippen LogP) is 2.93. The van der Waals surface area contributed by atoms with Gasteiger partial charge < -0.3 is 20.1 Å². The Balaban J connectivity index is 1.81. The van der Waals surface area contributed by atoms with E-state index in [1.807, 2.05) is 36.4 Å². The van der Waals surface area contributed by atoms with Crippen molar-refractivity contribution < 1.29 is 19.5 Å². The van der Waals surface area contributed by atoms with E-state index in [2.05, 4.69) is 4.90 Å². The maximum absolute atomic E-state index is 11.0. The number of primary amides is 1. The first-order chi connectivity index (χ1) is 13.0. The van der Waals surface area contributed by atoms with Gasteiger partial charge in [0.2, 0.25) is 0 Å². The number of fused-ring (bicyclic) bond motifs is 1. The molecule has 2 aromatic rings. The van der Waals surface area contributed by atoms with E-state index in [0.717, 1.165) is 54.2 Å². The number of rotatable bonds is 6. The normalized spacial score (nSPS) is 13.1. The van der Waals surface area contributed by atoms with E-state index in [1.54, 1.807) is 14.2 Å². The van der Waals surface area contributed by atoms with Gasteiger partial charge in [0.15, 0.2) is 0 Å². The molecule has 0 aromatic heterocycles. The number of aryl methyl sites for hydroxylation is 1. The molecule has 0 atom stereocenters. The maximum atomic E-state index is 11.0. The number of urea groups is 1. The molecule has 3 rings (SSSR count). The minimum Gasteiger partial charge on any atom is -0.497 e. The molecule has 0 fully saturated rings. The summed E-state index contributed by atoms with van der Waals surface area (Å²) in [5.41, 5.74) is 9.40. The molecule has 1 aliphatic heterocycles. The van der Waals surface area contributed by atoms with Crippen LogP contribution in [0.2, 0.25) is 0 Å². The topological polar surface area (TPSA) is 88.3 Å². The molecule has 7 heteroatoms. The van der Waals surface area contributed by atoms with Gasteiger partial charge in [0.1, 0.15) is 11.5 Å². The summed E-state index contributed by atoms with van der Waals surface area (Å²) >= 11 is 0. The first-order valence-electron chi connectivity index (χ1n) is 8.84. The molecule has 0 saturated heterocycles. The third-order valence-corrected chi connectivity index (χ3v) is 4.73. The van der Waals surface area contributed by atoms with Crippen molar-refractivity contribution in [1.82, 2.24) is 5.06 Å². The number of amides is 2. The van der Waals surface area contributed by atoms with Gasteiger partial charge in [-0.3, -0.25) is 5.21 Å². The fraction of sp³-hybridized carbons (Fsp3) is 0.350. The second kappa shape index (κ2) is 8.18. The van der Waals surface area contributed by atoms with Gasteiger partial charge in [0, 0.05) is 24.8 Å². The van der Waals surface area contributed by atoms with Crippen LogP contribution in [0.15, 0.2) is 36.4 Å². The second-order valence-corrected chi connectivity index (χ2v) is 6.60. The number of hydrogen-bond acceptors (Lipinski definition) is 5. The Hall–Kier alpha value is -2.93. The van der Waals surface area contributed by atoms with Gasteiger partial charge in [-0.05, 0) is 47.7 Å². The Morgan fingerprint density at radius 3 is 2.48 bits per heavy atom. The Labute approximate surface area is 158 Å². The standard InChI is InChI=1S/C20H25N3O4/c1-26-17-9-15(10-18(11-17)27-2)12-22-7-3-4-16-8-14(5-6-19(16)22)13-23(25)20(21)24/h5-6,8-11,25H,3-4,7,12-13H2,1-2H3,(H2,21,24). The molecule has 0 unspecified atom stereocenters. The van der Waals surface area contributed by atoms with Crippen molar-refractivity contribution in [2.45, 2.75) is 25.9 Å². The lowest BCUT2D eigenvalue weighted by molar-refractivity contribution is -0.0470. The molecule has 1 aliphatic rings. The van der Waals surface area contributed by atoms with Gasteiger partial charge in [-0.15, -0.1) is 0 Å². The second-order valence-electron chi connectivity index (χ2n) is 6.60. The average molecular weight is 371 g/mol. The highest BCUT2D eigenvalue weighted by molar-refractivity contribution is 5.70. The molecule has 2 aromatic carbocycles. The number of hydrogen-bond donors (Lipinski definition) is 2. The highest BCUT2D eigenvalue weighted by Crippen LogP contribution is 2.31. The average Bonchev–Trinajstić information content (AvgIpc) is 2.67. The van der Waals surface area contributed by atoms with Crippen LogP contribution in [0.3, 0.4) is 0 Å². The van der Waals surface area contributed by atoms with Crippen LogP contribution in [0.1, 0.15) is 23.1 Å². The quantitative estimate of drug-likeness (QED) is 0.602. The van der Waals surface area contributed by atoms with E-state index in [0.29, 0.717) is 5.06 Å². The van der Waals surface area contributed by atoms with Gasteiger partial charge in [-0.25, -0.2) is 9.86 Å². The molecule has 3 N–H and O–H groups in total. The molecule has 0 radical (unpaired) electrons. The Kier molecular flexibility index (Phi) is 5.71. The lowest BCUT2D eigenvalue weighted by Crippen LogP contribution is -2.32. The molecule has 144 valence electrons. The van der Waals surface area contributed by atoms with Crippen molar-refractivity contribution in [2.75, 3.05) is 25.7 Å². The molecule has 0 aliphatic carbocycles. The number of benzene rings is 2. The van der Waals surface area contributed by atoms with Gasteiger partial charge in [0.25, 0.3) is 0 Å². The Morgan fingerprint density at radius 2 is 1.85 bits per heavy atom. The fourth-order valence-electron chi connectivity index (χ4n) is 3.42. The SMILES string of the molecule is COc1cc(CN2CCCc3cc(CN(O)C(N)=O)ccc32)cc(OC)c1. The highest BCUT2D eigenvalue weighted by atomic mass is 16.5. The summed E-state index contributed by atoms with van der Waals surface area (Å²) in [6, 6.07) is 11.0. The van der Waals surface area contributed by atoms with Gasteiger partial charge >= 0.3 is 6.03 Å². The highest BCUT2D eigenvalue weighted by Gasteiger charge is 2.19. The first kappa shape index (κ1) is 18.8. The molecule has 1 heterocycles. The molecule has 27 heavy (non-hydrogen) atoms. The van der Waals surface area contributed by atoms with Gasteiger partial charge in [-0.2, -0.15) is 0 Å². The number of anilines is 1. The van der Waals surface area contributed by atoms with Crippen molar-refractivity contribution in [1.29, 1.82) is 0 Å². The number of methoxy groups -OCH3 is 2. The number of carbonyl (C=O) groups is 1. The van der Waals surface area contributed by atoms with E-state index in [4.69, 9.17) is 15.2 Å². The molecule has 0 bridgehead atoms. The summed E-state index contributed by atoms with van der Waals surface area (Å²) in [5.74, 6) is 1.54. The van der Waals surface area contributed by atoms with Crippen LogP contribution < -0.4 is 20.1 Å². The Morgan fingerprint density at radius 1 is 1.15 bits per heavy atom. The summed E-state index contributed by atoms with van der Waals surface area (Å²) in [6.45, 7) is 1.78. The number of carbonyl (C=O) groups excluding carboxylic acids is 1. The zero-order valence-electron chi connectivity index (χ0n) is 15.6. The third kappa shape index (κ3) is 4.43. The summed E-state index contributed by atoms with van der Waals surface area (Å²) in [4.78, 5) is 13.3. The van der Waals surface area contributed by atoms with Crippen LogP contribution in [-0.2, 0) is 19.5 Å². The summed E-state index contributed by atoms with van der Waals surface area (Å²) < 4.78 is 10.7. The van der Waals surface area contributed by atoms with Crippen LogP contribution in [0.25, 0.3) is 0 Å². The van der Waals surface area contributed by atoms with E-state index < -0.39 is 6.03 Å². The van der Waals surface area contributed by atoms with Crippen LogP contribution in [0.5, 0.6) is 11.5 Å². The molecule has 7 nitrogen and oxygen atoms in total. The largest absolute Gasteiger partial charge is 0.497 e. The van der Waals surface area contributed by atoms with E-state index in [-0.39, 0.29) is 6.54 Å². The van der Waals surface area contributed by atoms with E-state index in [1.165, 1.54) is 5.56 Å². The minimum atomic E-state index is -0.860.